The number of methoxy groups -OCH3 is 1. The number of nitrogens with one attached hydrogen (secondary N) is 1. The van der Waals surface area contributed by atoms with Crippen LogP contribution >= 0.6 is 0 Å². The summed E-state index contributed by atoms with van der Waals surface area (Å²) < 4.78 is 32.2. The number of aryl methyl sites for hydroxylation is 1. The number of benzene rings is 1. The number of nitrogens with two attached hydrogens (primary N) is 1. The van der Waals surface area contributed by atoms with Crippen molar-refractivity contribution in [3.63, 3.8) is 0 Å². The first kappa shape index (κ1) is 16.7. The molecule has 20 heavy (non-hydrogen) atoms. The molecule has 0 saturated carbocycles. The second kappa shape index (κ2) is 5.99. The summed E-state index contributed by atoms with van der Waals surface area (Å²) in [6.45, 7) is 5.29. The average molecular weight is 302 g/mol. The van der Waals surface area contributed by atoms with Crippen molar-refractivity contribution < 1.29 is 18.3 Å². The fraction of sp³-hybridized carbons (Fsp3) is 0.538. The number of hydrogen-bond acceptors (Lipinski definition) is 5. The van der Waals surface area contributed by atoms with E-state index in [1.807, 2.05) is 0 Å². The van der Waals surface area contributed by atoms with Crippen LogP contribution in [-0.4, -0.2) is 33.8 Å². The second-order valence-corrected chi connectivity index (χ2v) is 7.24. The topological polar surface area (TPSA) is 102 Å². The summed E-state index contributed by atoms with van der Waals surface area (Å²) in [6, 6.07) is 2.96. The molecule has 1 aromatic carbocycles. The third-order valence-corrected chi connectivity index (χ3v) is 4.43. The van der Waals surface area contributed by atoms with Crippen LogP contribution < -0.4 is 15.2 Å². The Labute approximate surface area is 120 Å². The van der Waals surface area contributed by atoms with Gasteiger partial charge in [0.1, 0.15) is 10.6 Å². The summed E-state index contributed by atoms with van der Waals surface area (Å²) in [5.74, 6) is 0.242. The number of rotatable bonds is 6. The lowest BCUT2D eigenvalue weighted by molar-refractivity contribution is 0.163. The second-order valence-electron chi connectivity index (χ2n) is 5.51. The normalized spacial score (nSPS) is 12.4. The molecule has 0 atom stereocenters. The fourth-order valence-corrected chi connectivity index (χ4v) is 2.90. The van der Waals surface area contributed by atoms with Gasteiger partial charge in [0.2, 0.25) is 10.0 Å². The van der Waals surface area contributed by atoms with E-state index in [1.165, 1.54) is 13.2 Å². The quantitative estimate of drug-likeness (QED) is 0.677. The molecule has 4 N–H and O–H groups in total. The van der Waals surface area contributed by atoms with Crippen LogP contribution in [0.1, 0.15) is 19.4 Å². The summed E-state index contributed by atoms with van der Waals surface area (Å²) in [6.07, 6.45) is 0. The van der Waals surface area contributed by atoms with Gasteiger partial charge in [-0.3, -0.25) is 0 Å². The third-order valence-electron chi connectivity index (χ3n) is 3.01. The molecule has 6 nitrogen and oxygen atoms in total. The number of nitrogen functional groups attached to an aromatic ring is 1. The van der Waals surface area contributed by atoms with Gasteiger partial charge < -0.3 is 15.6 Å². The van der Waals surface area contributed by atoms with Crippen molar-refractivity contribution in [2.45, 2.75) is 25.7 Å². The number of aliphatic hydroxyl groups is 1. The van der Waals surface area contributed by atoms with Gasteiger partial charge in [-0.25, -0.2) is 13.1 Å². The van der Waals surface area contributed by atoms with Gasteiger partial charge >= 0.3 is 0 Å². The lowest BCUT2D eigenvalue weighted by Gasteiger charge is -2.22. The lowest BCUT2D eigenvalue weighted by Crippen LogP contribution is -2.36. The van der Waals surface area contributed by atoms with Gasteiger partial charge in [0, 0.05) is 24.3 Å². The molecule has 0 amide bonds. The zero-order valence-electron chi connectivity index (χ0n) is 12.2. The van der Waals surface area contributed by atoms with E-state index in [4.69, 9.17) is 15.6 Å². The zero-order chi connectivity index (χ0) is 15.6. The molecule has 1 rings (SSSR count). The highest BCUT2D eigenvalue weighted by molar-refractivity contribution is 7.89. The first-order valence-electron chi connectivity index (χ1n) is 6.17. The Hall–Kier alpha value is -1.31. The Morgan fingerprint density at radius 3 is 2.50 bits per heavy atom. The van der Waals surface area contributed by atoms with Crippen LogP contribution in [0.5, 0.6) is 5.75 Å². The average Bonchev–Trinajstić information content (AvgIpc) is 2.39. The van der Waals surface area contributed by atoms with E-state index in [0.717, 1.165) is 5.56 Å². The van der Waals surface area contributed by atoms with Crippen LogP contribution in [0.25, 0.3) is 0 Å². The fourth-order valence-electron chi connectivity index (χ4n) is 1.47. The number of hydrogen-bond donors (Lipinski definition) is 3. The Morgan fingerprint density at radius 2 is 2.00 bits per heavy atom. The Morgan fingerprint density at radius 1 is 1.40 bits per heavy atom. The Bertz CT molecular complexity index is 582. The van der Waals surface area contributed by atoms with E-state index < -0.39 is 15.4 Å². The number of sulfonamides is 1. The molecular weight excluding hydrogens is 280 g/mol. The highest BCUT2D eigenvalue weighted by Crippen LogP contribution is 2.29. The first-order chi connectivity index (χ1) is 9.13. The van der Waals surface area contributed by atoms with Gasteiger partial charge in [0.05, 0.1) is 7.11 Å². The maximum absolute atomic E-state index is 12.3. The molecule has 0 spiro atoms. The predicted octanol–water partition coefficient (Wildman–Crippen LogP) is 0.883. The van der Waals surface area contributed by atoms with E-state index in [9.17, 15) is 8.42 Å². The highest BCUT2D eigenvalue weighted by atomic mass is 32.2. The first-order valence-corrected chi connectivity index (χ1v) is 7.66. The van der Waals surface area contributed by atoms with Crippen molar-refractivity contribution in [1.82, 2.24) is 4.72 Å². The highest BCUT2D eigenvalue weighted by Gasteiger charge is 2.24. The molecule has 0 saturated heterocycles. The van der Waals surface area contributed by atoms with E-state index >= 15 is 0 Å². The van der Waals surface area contributed by atoms with Crippen molar-refractivity contribution >= 4 is 15.7 Å². The van der Waals surface area contributed by atoms with E-state index in [0.29, 0.717) is 5.69 Å². The molecule has 0 aliphatic carbocycles. The molecule has 0 aliphatic heterocycles. The van der Waals surface area contributed by atoms with E-state index in [2.05, 4.69) is 4.72 Å². The third kappa shape index (κ3) is 3.84. The summed E-state index contributed by atoms with van der Waals surface area (Å²) in [5.41, 5.74) is 6.34. The summed E-state index contributed by atoms with van der Waals surface area (Å²) in [4.78, 5) is -0.00293. The van der Waals surface area contributed by atoms with Crippen LogP contribution in [0.15, 0.2) is 17.0 Å². The van der Waals surface area contributed by atoms with Crippen LogP contribution in [0, 0.1) is 12.3 Å². The molecule has 0 radical (unpaired) electrons. The van der Waals surface area contributed by atoms with Gasteiger partial charge in [-0.1, -0.05) is 13.8 Å². The van der Waals surface area contributed by atoms with Crippen molar-refractivity contribution in [3.8, 4) is 5.75 Å². The molecule has 0 aliphatic rings. The summed E-state index contributed by atoms with van der Waals surface area (Å²) in [7, 11) is -2.35. The smallest absolute Gasteiger partial charge is 0.244 e. The van der Waals surface area contributed by atoms with Gasteiger partial charge in [0.15, 0.2) is 0 Å². The lowest BCUT2D eigenvalue weighted by atomic mass is 9.96. The van der Waals surface area contributed by atoms with Gasteiger partial charge in [-0.05, 0) is 24.6 Å². The monoisotopic (exact) mass is 302 g/mol. The van der Waals surface area contributed by atoms with Crippen LogP contribution in [0.4, 0.5) is 5.69 Å². The molecule has 7 heteroatoms. The van der Waals surface area contributed by atoms with Crippen LogP contribution in [0.2, 0.25) is 0 Å². The Kier molecular flexibility index (Phi) is 5.01. The van der Waals surface area contributed by atoms with Gasteiger partial charge in [0.25, 0.3) is 0 Å². The van der Waals surface area contributed by atoms with Gasteiger partial charge in [-0.2, -0.15) is 0 Å². The van der Waals surface area contributed by atoms with Crippen molar-refractivity contribution in [3.05, 3.63) is 17.7 Å². The zero-order valence-corrected chi connectivity index (χ0v) is 13.0. The standard InChI is InChI=1S/C13H22N2O4S/c1-9-5-11(19-4)12(6-10(9)14)20(17,18)15-7-13(2,3)8-16/h5-6,15-16H,7-8,14H2,1-4H3. The van der Waals surface area contributed by atoms with E-state index in [1.54, 1.807) is 26.8 Å². The van der Waals surface area contributed by atoms with Crippen molar-refractivity contribution in [2.75, 3.05) is 26.0 Å². The molecule has 0 aromatic heterocycles. The maximum Gasteiger partial charge on any atom is 0.244 e. The number of aliphatic hydroxyl groups excluding tert-OH is 1. The molecule has 0 fully saturated rings. The molecular formula is C13H22N2O4S. The SMILES string of the molecule is COc1cc(C)c(N)cc1S(=O)(=O)NCC(C)(C)CO. The maximum atomic E-state index is 12.3. The minimum absolute atomic E-state index is 0.00293. The van der Waals surface area contributed by atoms with E-state index in [-0.39, 0.29) is 23.8 Å². The summed E-state index contributed by atoms with van der Waals surface area (Å²) in [5, 5.41) is 9.16. The van der Waals surface area contributed by atoms with Crippen molar-refractivity contribution in [1.29, 1.82) is 0 Å². The molecule has 114 valence electrons. The predicted molar refractivity (Wildman–Crippen MR) is 78.2 cm³/mol. The molecule has 0 bridgehead atoms. The largest absolute Gasteiger partial charge is 0.495 e. The molecule has 0 heterocycles. The minimum Gasteiger partial charge on any atom is -0.495 e. The molecule has 1 aromatic rings. The van der Waals surface area contributed by atoms with Crippen LogP contribution in [0.3, 0.4) is 0 Å². The Balaban J connectivity index is 3.13. The molecule has 0 unspecified atom stereocenters. The summed E-state index contributed by atoms with van der Waals surface area (Å²) >= 11 is 0. The number of ether oxygens (including phenoxy) is 1. The van der Waals surface area contributed by atoms with Crippen LogP contribution in [-0.2, 0) is 10.0 Å². The van der Waals surface area contributed by atoms with Crippen molar-refractivity contribution in [2.24, 2.45) is 5.41 Å². The minimum atomic E-state index is -3.75. The number of anilines is 1. The van der Waals surface area contributed by atoms with Gasteiger partial charge in [-0.15, -0.1) is 0 Å².